The lowest BCUT2D eigenvalue weighted by Gasteiger charge is -2.47. The first-order valence-corrected chi connectivity index (χ1v) is 10.7. The first kappa shape index (κ1) is 29.5. The Kier molecular flexibility index (Phi) is 10.1. The van der Waals surface area contributed by atoms with E-state index in [4.69, 9.17) is 29.5 Å². The van der Waals surface area contributed by atoms with Gasteiger partial charge in [-0.15, -0.1) is 0 Å². The lowest BCUT2D eigenvalue weighted by molar-refractivity contribution is -0.362. The quantitative estimate of drug-likeness (QED) is 0.142. The van der Waals surface area contributed by atoms with E-state index in [0.717, 1.165) is 0 Å². The number of ether oxygens (including phenoxy) is 4. The zero-order chi connectivity index (χ0) is 26.7. The summed E-state index contributed by atoms with van der Waals surface area (Å²) in [7, 11) is 0. The molecule has 0 aromatic carbocycles. The second-order valence-corrected chi connectivity index (χ2v) is 9.07. The number of aliphatic hydroxyl groups is 7. The van der Waals surface area contributed by atoms with E-state index >= 15 is 0 Å². The van der Waals surface area contributed by atoms with Crippen molar-refractivity contribution in [3.05, 3.63) is 0 Å². The molecule has 0 radical (unpaired) electrons. The van der Waals surface area contributed by atoms with Gasteiger partial charge in [-0.2, -0.15) is 5.06 Å². The first-order chi connectivity index (χ1) is 16.2. The van der Waals surface area contributed by atoms with Crippen LogP contribution in [-0.4, -0.2) is 140 Å². The molecule has 204 valence electrons. The molecule has 2 aliphatic heterocycles. The number of rotatable bonds is 8. The Hall–Kier alpha value is -1.70. The van der Waals surface area contributed by atoms with Crippen LogP contribution in [-0.2, 0) is 28.6 Å². The monoisotopic (exact) mass is 514 g/mol. The number of hydrogen-bond donors (Lipinski definition) is 8. The Morgan fingerprint density at radius 2 is 1.49 bits per heavy atom. The lowest BCUT2D eigenvalue weighted by Crippen LogP contribution is -2.67. The van der Waals surface area contributed by atoms with Gasteiger partial charge < -0.3 is 60.4 Å². The van der Waals surface area contributed by atoms with Crippen LogP contribution in [0.25, 0.3) is 0 Å². The minimum atomic E-state index is -1.98. The van der Waals surface area contributed by atoms with Crippen molar-refractivity contribution in [2.24, 2.45) is 5.73 Å². The van der Waals surface area contributed by atoms with Crippen LogP contribution in [0.3, 0.4) is 0 Å². The summed E-state index contributed by atoms with van der Waals surface area (Å²) in [5, 5.41) is 70.9. The molecule has 2 amide bonds. The number of hydrogen-bond acceptors (Lipinski definition) is 14. The van der Waals surface area contributed by atoms with Crippen molar-refractivity contribution in [1.29, 1.82) is 0 Å². The molecule has 0 unspecified atom stereocenters. The van der Waals surface area contributed by atoms with E-state index in [2.05, 4.69) is 0 Å². The predicted molar refractivity (Wildman–Crippen MR) is 110 cm³/mol. The van der Waals surface area contributed by atoms with Crippen LogP contribution in [0.4, 0.5) is 4.79 Å². The van der Waals surface area contributed by atoms with Crippen LogP contribution in [0.1, 0.15) is 20.8 Å². The fourth-order valence-electron chi connectivity index (χ4n) is 3.43. The van der Waals surface area contributed by atoms with E-state index in [1.165, 1.54) is 20.8 Å². The van der Waals surface area contributed by atoms with Crippen molar-refractivity contribution >= 4 is 12.0 Å². The normalized spacial score (nSPS) is 38.1. The number of amides is 2. The average molecular weight is 514 g/mol. The Bertz CT molecular complexity index is 716. The van der Waals surface area contributed by atoms with Gasteiger partial charge in [0.1, 0.15) is 54.4 Å². The summed E-state index contributed by atoms with van der Waals surface area (Å²) in [6, 6.07) is 0. The van der Waals surface area contributed by atoms with E-state index in [1.54, 1.807) is 0 Å². The number of nitrogens with zero attached hydrogens (tertiary/aromatic N) is 1. The standard InChI is InChI=1S/C19H34N2O14/c1-19(2,3)35-18(30)21(31-6-9(20)24)16-13(28)12(27)15(8(5-23)32-16)34-17-14(29)11(26)10(25)7(4-22)33-17/h7-8,10-17,22-23,25-29H,4-6H2,1-3H3,(H2,20,24)/t7-,8-,10+,11+,12-,13-,14-,15-,16-,17+/m1/s1. The van der Waals surface area contributed by atoms with Gasteiger partial charge in [-0.1, -0.05) is 0 Å². The van der Waals surface area contributed by atoms with Crippen molar-refractivity contribution in [3.8, 4) is 0 Å². The molecule has 0 bridgehead atoms. The van der Waals surface area contributed by atoms with Gasteiger partial charge in [0.2, 0.25) is 5.91 Å². The molecule has 0 aromatic heterocycles. The first-order valence-electron chi connectivity index (χ1n) is 10.7. The number of carbonyl (C=O) groups excluding carboxylic acids is 2. The largest absolute Gasteiger partial charge is 0.442 e. The number of hydroxylamine groups is 2. The fraction of sp³-hybridized carbons (Fsp3) is 0.895. The Balaban J connectivity index is 2.25. The molecular formula is C19H34N2O14. The summed E-state index contributed by atoms with van der Waals surface area (Å²) in [6.07, 6.45) is -18.4. The molecule has 0 saturated carbocycles. The summed E-state index contributed by atoms with van der Waals surface area (Å²) >= 11 is 0. The summed E-state index contributed by atoms with van der Waals surface area (Å²) in [5.41, 5.74) is 4.01. The molecule has 2 heterocycles. The van der Waals surface area contributed by atoms with Crippen LogP contribution in [0.5, 0.6) is 0 Å². The number of nitrogens with two attached hydrogens (primary N) is 1. The maximum atomic E-state index is 12.6. The molecule has 0 spiro atoms. The molecule has 16 nitrogen and oxygen atoms in total. The van der Waals surface area contributed by atoms with Gasteiger partial charge >= 0.3 is 6.09 Å². The zero-order valence-electron chi connectivity index (χ0n) is 19.4. The van der Waals surface area contributed by atoms with Gasteiger partial charge in [0.05, 0.1) is 13.2 Å². The van der Waals surface area contributed by atoms with Crippen LogP contribution < -0.4 is 5.73 Å². The molecule has 35 heavy (non-hydrogen) atoms. The summed E-state index contributed by atoms with van der Waals surface area (Å²) in [4.78, 5) is 28.8. The molecule has 2 saturated heterocycles. The zero-order valence-corrected chi connectivity index (χ0v) is 19.4. The SMILES string of the molecule is CC(C)(C)OC(=O)N(OCC(N)=O)[C@@H]1O[C@H](CO)[C@@H](O[C@@H]2O[C@H](CO)[C@H](O)[C@H](O)[C@H]2O)[C@H](O)[C@H]1O. The van der Waals surface area contributed by atoms with E-state index < -0.39 is 98.8 Å². The molecule has 2 rings (SSSR count). The molecule has 9 N–H and O–H groups in total. The van der Waals surface area contributed by atoms with Gasteiger partial charge in [0, 0.05) is 0 Å². The van der Waals surface area contributed by atoms with Crippen LogP contribution >= 0.6 is 0 Å². The van der Waals surface area contributed by atoms with Gasteiger partial charge in [0.15, 0.2) is 19.1 Å². The highest BCUT2D eigenvalue weighted by atomic mass is 16.8. The minimum absolute atomic E-state index is 0.344. The van der Waals surface area contributed by atoms with Crippen molar-refractivity contribution in [2.75, 3.05) is 19.8 Å². The molecule has 2 aliphatic rings. The van der Waals surface area contributed by atoms with Gasteiger partial charge in [-0.05, 0) is 20.8 Å². The fourth-order valence-corrected chi connectivity index (χ4v) is 3.43. The molecule has 16 heteroatoms. The van der Waals surface area contributed by atoms with Crippen molar-refractivity contribution in [1.82, 2.24) is 5.06 Å². The average Bonchev–Trinajstić information content (AvgIpc) is 2.76. The highest BCUT2D eigenvalue weighted by molar-refractivity contribution is 5.75. The molecular weight excluding hydrogens is 480 g/mol. The van der Waals surface area contributed by atoms with Gasteiger partial charge in [-0.3, -0.25) is 9.63 Å². The Morgan fingerprint density at radius 1 is 0.886 bits per heavy atom. The van der Waals surface area contributed by atoms with Gasteiger partial charge in [0.25, 0.3) is 0 Å². The van der Waals surface area contributed by atoms with Crippen molar-refractivity contribution in [3.63, 3.8) is 0 Å². The lowest BCUT2D eigenvalue weighted by atomic mass is 9.96. The summed E-state index contributed by atoms with van der Waals surface area (Å²) in [5.74, 6) is -0.980. The molecule has 0 aliphatic carbocycles. The third-order valence-corrected chi connectivity index (χ3v) is 5.13. The van der Waals surface area contributed by atoms with Crippen LogP contribution in [0, 0.1) is 0 Å². The maximum Gasteiger partial charge on any atom is 0.437 e. The topological polar surface area (TPSA) is 251 Å². The highest BCUT2D eigenvalue weighted by Crippen LogP contribution is 2.31. The van der Waals surface area contributed by atoms with E-state index in [9.17, 15) is 45.3 Å². The van der Waals surface area contributed by atoms with Gasteiger partial charge in [-0.25, -0.2) is 4.79 Å². The second-order valence-electron chi connectivity index (χ2n) is 9.07. The summed E-state index contributed by atoms with van der Waals surface area (Å²) in [6.45, 7) is 2.18. The molecule has 2 fully saturated rings. The highest BCUT2D eigenvalue weighted by Gasteiger charge is 2.53. The number of primary amides is 1. The third-order valence-electron chi connectivity index (χ3n) is 5.13. The maximum absolute atomic E-state index is 12.6. The predicted octanol–water partition coefficient (Wildman–Crippen LogP) is -4.74. The van der Waals surface area contributed by atoms with Crippen LogP contribution in [0.15, 0.2) is 0 Å². The second kappa shape index (κ2) is 12.0. The molecule has 10 atom stereocenters. The minimum Gasteiger partial charge on any atom is -0.442 e. The smallest absolute Gasteiger partial charge is 0.437 e. The van der Waals surface area contributed by atoms with Crippen molar-refractivity contribution < 1.29 is 69.1 Å². The number of carbonyl (C=O) groups is 2. The van der Waals surface area contributed by atoms with E-state index in [-0.39, 0.29) is 0 Å². The van der Waals surface area contributed by atoms with Crippen molar-refractivity contribution in [2.45, 2.75) is 87.7 Å². The Labute approximate surface area is 200 Å². The Morgan fingerprint density at radius 3 is 2.00 bits per heavy atom. The summed E-state index contributed by atoms with van der Waals surface area (Å²) < 4.78 is 21.3. The van der Waals surface area contributed by atoms with Crippen LogP contribution in [0.2, 0.25) is 0 Å². The van der Waals surface area contributed by atoms with E-state index in [0.29, 0.717) is 5.06 Å². The molecule has 0 aromatic rings. The number of aliphatic hydroxyl groups excluding tert-OH is 7. The third kappa shape index (κ3) is 7.17. The van der Waals surface area contributed by atoms with E-state index in [1.807, 2.05) is 0 Å².